The monoisotopic (exact) mass is 268 g/mol. The summed E-state index contributed by atoms with van der Waals surface area (Å²) in [5.41, 5.74) is 0. The van der Waals surface area contributed by atoms with Gasteiger partial charge < -0.3 is 15.3 Å². The van der Waals surface area contributed by atoms with E-state index in [1.807, 2.05) is 0 Å². The highest BCUT2D eigenvalue weighted by molar-refractivity contribution is 5.88. The van der Waals surface area contributed by atoms with E-state index in [1.54, 1.807) is 4.90 Å². The fourth-order valence-corrected chi connectivity index (χ4v) is 3.19. The lowest BCUT2D eigenvalue weighted by molar-refractivity contribution is -0.144. The van der Waals surface area contributed by atoms with Crippen LogP contribution in [0.1, 0.15) is 44.9 Å². The van der Waals surface area contributed by atoms with Crippen molar-refractivity contribution >= 4 is 11.8 Å². The molecule has 1 aliphatic heterocycles. The largest absolute Gasteiger partial charge is 0.396 e. The highest BCUT2D eigenvalue weighted by Crippen LogP contribution is 2.29. The number of hydrogen-bond acceptors (Lipinski definition) is 3. The number of hydrogen-bond donors (Lipinski definition) is 2. The van der Waals surface area contributed by atoms with Crippen LogP contribution in [-0.2, 0) is 9.59 Å². The number of aliphatic hydroxyl groups excluding tert-OH is 1. The molecule has 5 heteroatoms. The third kappa shape index (κ3) is 3.69. The minimum absolute atomic E-state index is 0.0650. The lowest BCUT2D eigenvalue weighted by Gasteiger charge is -2.35. The molecule has 1 aliphatic carbocycles. The molecule has 1 saturated carbocycles. The van der Waals surface area contributed by atoms with Crippen LogP contribution >= 0.6 is 0 Å². The molecular weight excluding hydrogens is 244 g/mol. The zero-order valence-corrected chi connectivity index (χ0v) is 11.4. The lowest BCUT2D eigenvalue weighted by Crippen LogP contribution is -2.57. The van der Waals surface area contributed by atoms with E-state index in [0.717, 1.165) is 6.42 Å². The number of carbonyl (C=O) groups excluding carboxylic acids is 2. The topological polar surface area (TPSA) is 69.6 Å². The zero-order chi connectivity index (χ0) is 13.7. The minimum Gasteiger partial charge on any atom is -0.396 e. The molecule has 2 amide bonds. The second-order valence-corrected chi connectivity index (χ2v) is 5.60. The third-order valence-corrected chi connectivity index (χ3v) is 4.29. The molecule has 0 radical (unpaired) electrons. The summed E-state index contributed by atoms with van der Waals surface area (Å²) in [5.74, 6) is 0.633. The molecule has 0 aromatic rings. The Morgan fingerprint density at radius 3 is 2.74 bits per heavy atom. The van der Waals surface area contributed by atoms with Gasteiger partial charge in [0.25, 0.3) is 0 Å². The Labute approximate surface area is 114 Å². The molecule has 1 saturated heterocycles. The number of amides is 2. The first kappa shape index (κ1) is 14.3. The molecule has 2 N–H and O–H groups in total. The van der Waals surface area contributed by atoms with Crippen LogP contribution in [0.3, 0.4) is 0 Å². The second kappa shape index (κ2) is 6.89. The first-order chi connectivity index (χ1) is 9.22. The number of carbonyl (C=O) groups is 2. The first-order valence-corrected chi connectivity index (χ1v) is 7.40. The molecule has 2 aliphatic rings. The number of rotatable bonds is 5. The van der Waals surface area contributed by atoms with Crippen molar-refractivity contribution in [3.8, 4) is 0 Å². The van der Waals surface area contributed by atoms with E-state index in [-0.39, 0.29) is 18.4 Å². The van der Waals surface area contributed by atoms with Gasteiger partial charge in [-0.05, 0) is 18.8 Å². The quantitative estimate of drug-likeness (QED) is 0.770. The predicted octanol–water partition coefficient (Wildman–Crippen LogP) is 0.666. The van der Waals surface area contributed by atoms with Crippen LogP contribution in [0.4, 0.5) is 0 Å². The first-order valence-electron chi connectivity index (χ1n) is 7.40. The number of nitrogens with one attached hydrogen (secondary N) is 1. The van der Waals surface area contributed by atoms with Crippen LogP contribution in [0.15, 0.2) is 0 Å². The molecule has 5 nitrogen and oxygen atoms in total. The van der Waals surface area contributed by atoms with Crippen molar-refractivity contribution in [3.05, 3.63) is 0 Å². The summed E-state index contributed by atoms with van der Waals surface area (Å²) in [6.45, 7) is 1.03. The number of aliphatic hydroxyl groups is 1. The summed E-state index contributed by atoms with van der Waals surface area (Å²) in [7, 11) is 0. The molecular formula is C14H24N2O3. The molecule has 1 heterocycles. The smallest absolute Gasteiger partial charge is 0.242 e. The molecule has 1 atom stereocenters. The molecule has 0 unspecified atom stereocenters. The maximum absolute atomic E-state index is 12.2. The van der Waals surface area contributed by atoms with E-state index in [0.29, 0.717) is 31.8 Å². The van der Waals surface area contributed by atoms with Gasteiger partial charge in [0, 0.05) is 26.1 Å². The van der Waals surface area contributed by atoms with Crippen molar-refractivity contribution in [1.29, 1.82) is 0 Å². The molecule has 0 aromatic heterocycles. The van der Waals surface area contributed by atoms with Crippen LogP contribution in [-0.4, -0.2) is 47.6 Å². The molecule has 2 rings (SSSR count). The van der Waals surface area contributed by atoms with Crippen molar-refractivity contribution < 1.29 is 14.7 Å². The van der Waals surface area contributed by atoms with Crippen LogP contribution in [0, 0.1) is 5.92 Å². The summed E-state index contributed by atoms with van der Waals surface area (Å²) >= 11 is 0. The molecule has 108 valence electrons. The van der Waals surface area contributed by atoms with Crippen LogP contribution < -0.4 is 5.32 Å². The summed E-state index contributed by atoms with van der Waals surface area (Å²) in [5, 5.41) is 11.8. The third-order valence-electron chi connectivity index (χ3n) is 4.29. The maximum atomic E-state index is 12.2. The molecule has 0 spiro atoms. The Morgan fingerprint density at radius 1 is 1.32 bits per heavy atom. The van der Waals surface area contributed by atoms with Gasteiger partial charge in [-0.15, -0.1) is 0 Å². The van der Waals surface area contributed by atoms with E-state index in [2.05, 4.69) is 5.32 Å². The van der Waals surface area contributed by atoms with Gasteiger partial charge >= 0.3 is 0 Å². The van der Waals surface area contributed by atoms with Gasteiger partial charge in [-0.2, -0.15) is 0 Å². The van der Waals surface area contributed by atoms with Crippen molar-refractivity contribution in [2.45, 2.75) is 51.0 Å². The SMILES string of the molecule is O=C1NCCN(C(=O)CCC2CCCC2)[C@@H]1CCO. The van der Waals surface area contributed by atoms with Crippen LogP contribution in [0.2, 0.25) is 0 Å². The second-order valence-electron chi connectivity index (χ2n) is 5.60. The Morgan fingerprint density at radius 2 is 2.05 bits per heavy atom. The average molecular weight is 268 g/mol. The normalized spacial score (nSPS) is 24.6. The van der Waals surface area contributed by atoms with Gasteiger partial charge in [0.05, 0.1) is 0 Å². The van der Waals surface area contributed by atoms with Crippen molar-refractivity contribution in [2.75, 3.05) is 19.7 Å². The Balaban J connectivity index is 1.85. The maximum Gasteiger partial charge on any atom is 0.242 e. The zero-order valence-electron chi connectivity index (χ0n) is 11.4. The summed E-state index contributed by atoms with van der Waals surface area (Å²) in [4.78, 5) is 25.7. The highest BCUT2D eigenvalue weighted by atomic mass is 16.3. The molecule has 19 heavy (non-hydrogen) atoms. The van der Waals surface area contributed by atoms with Gasteiger partial charge in [0.1, 0.15) is 6.04 Å². The summed E-state index contributed by atoms with van der Waals surface area (Å²) < 4.78 is 0. The van der Waals surface area contributed by atoms with Gasteiger partial charge in [-0.25, -0.2) is 0 Å². The Hall–Kier alpha value is -1.10. The molecule has 0 aromatic carbocycles. The number of nitrogens with zero attached hydrogens (tertiary/aromatic N) is 1. The molecule has 0 bridgehead atoms. The fourth-order valence-electron chi connectivity index (χ4n) is 3.19. The lowest BCUT2D eigenvalue weighted by atomic mass is 10.0. The number of piperazine rings is 1. The summed E-state index contributed by atoms with van der Waals surface area (Å²) in [6.07, 6.45) is 6.89. The fraction of sp³-hybridized carbons (Fsp3) is 0.857. The van der Waals surface area contributed by atoms with Gasteiger partial charge in [0.15, 0.2) is 0 Å². The van der Waals surface area contributed by atoms with E-state index >= 15 is 0 Å². The average Bonchev–Trinajstić information content (AvgIpc) is 2.92. The van der Waals surface area contributed by atoms with Crippen LogP contribution in [0.25, 0.3) is 0 Å². The van der Waals surface area contributed by atoms with Gasteiger partial charge in [-0.1, -0.05) is 25.7 Å². The highest BCUT2D eigenvalue weighted by Gasteiger charge is 2.32. The standard InChI is InChI=1S/C14H24N2O3/c17-10-7-12-14(19)15-8-9-16(12)13(18)6-5-11-3-1-2-4-11/h11-12,17H,1-10H2,(H,15,19)/t12-/m1/s1. The Kier molecular flexibility index (Phi) is 5.19. The summed E-state index contributed by atoms with van der Waals surface area (Å²) in [6, 6.07) is -0.477. The Bertz CT molecular complexity index is 327. The van der Waals surface area contributed by atoms with Gasteiger partial charge in [0.2, 0.25) is 11.8 Å². The van der Waals surface area contributed by atoms with Gasteiger partial charge in [-0.3, -0.25) is 9.59 Å². The van der Waals surface area contributed by atoms with Crippen LogP contribution in [0.5, 0.6) is 0 Å². The van der Waals surface area contributed by atoms with Crippen molar-refractivity contribution in [1.82, 2.24) is 10.2 Å². The predicted molar refractivity (Wildman–Crippen MR) is 71.4 cm³/mol. The van der Waals surface area contributed by atoms with Crippen molar-refractivity contribution in [2.24, 2.45) is 5.92 Å². The van der Waals surface area contributed by atoms with E-state index in [1.165, 1.54) is 25.7 Å². The van der Waals surface area contributed by atoms with E-state index < -0.39 is 6.04 Å². The van der Waals surface area contributed by atoms with E-state index in [9.17, 15) is 9.59 Å². The minimum atomic E-state index is -0.477. The van der Waals surface area contributed by atoms with Crippen molar-refractivity contribution in [3.63, 3.8) is 0 Å². The van der Waals surface area contributed by atoms with E-state index in [4.69, 9.17) is 5.11 Å². The molecule has 2 fully saturated rings.